The van der Waals surface area contributed by atoms with Crippen molar-refractivity contribution in [2.75, 3.05) is 18.5 Å². The topological polar surface area (TPSA) is 120 Å². The molecule has 5 rings (SSSR count). The van der Waals surface area contributed by atoms with E-state index in [0.717, 1.165) is 46.3 Å². The molecule has 0 atom stereocenters. The van der Waals surface area contributed by atoms with Crippen LogP contribution in [0.5, 0.6) is 5.75 Å². The lowest BCUT2D eigenvalue weighted by Crippen LogP contribution is -2.12. The molecule has 0 saturated heterocycles. The predicted octanol–water partition coefficient (Wildman–Crippen LogP) is 5.29. The maximum absolute atomic E-state index is 12.1. The lowest BCUT2D eigenvalue weighted by atomic mass is 9.98. The third-order valence-electron chi connectivity index (χ3n) is 5.85. The second kappa shape index (κ2) is 10.9. The summed E-state index contributed by atoms with van der Waals surface area (Å²) < 4.78 is 12.5. The Morgan fingerprint density at radius 2 is 1.81 bits per heavy atom. The van der Waals surface area contributed by atoms with E-state index in [9.17, 15) is 4.79 Å². The summed E-state index contributed by atoms with van der Waals surface area (Å²) in [5.41, 5.74) is 5.51. The summed E-state index contributed by atoms with van der Waals surface area (Å²) in [6, 6.07) is 21.8. The average molecular weight is 498 g/mol. The summed E-state index contributed by atoms with van der Waals surface area (Å²) in [6.07, 6.45) is 0.209. The van der Waals surface area contributed by atoms with Gasteiger partial charge < -0.3 is 19.4 Å². The van der Waals surface area contributed by atoms with Crippen LogP contribution in [-0.4, -0.2) is 49.5 Å². The van der Waals surface area contributed by atoms with Crippen molar-refractivity contribution in [2.45, 2.75) is 26.8 Å². The number of imidazole rings is 1. The van der Waals surface area contributed by atoms with Crippen molar-refractivity contribution in [1.82, 2.24) is 30.2 Å². The number of hydrogen-bond acceptors (Lipinski definition) is 8. The first kappa shape index (κ1) is 24.0. The van der Waals surface area contributed by atoms with Crippen LogP contribution in [0.1, 0.15) is 25.8 Å². The molecule has 0 radical (unpaired) electrons. The summed E-state index contributed by atoms with van der Waals surface area (Å²) in [7, 11) is 0. The number of fused-ring (bicyclic) bond motifs is 1. The van der Waals surface area contributed by atoms with E-state index < -0.39 is 6.16 Å². The minimum Gasteiger partial charge on any atom is -0.434 e. The average Bonchev–Trinajstić information content (AvgIpc) is 3.57. The van der Waals surface area contributed by atoms with Crippen LogP contribution in [-0.2, 0) is 11.3 Å². The van der Waals surface area contributed by atoms with Gasteiger partial charge in [-0.1, -0.05) is 61.5 Å². The fourth-order valence-corrected chi connectivity index (χ4v) is 4.18. The molecule has 0 unspecified atom stereocenters. The van der Waals surface area contributed by atoms with Gasteiger partial charge in [0.15, 0.2) is 11.6 Å². The van der Waals surface area contributed by atoms with E-state index in [0.29, 0.717) is 24.1 Å². The highest BCUT2D eigenvalue weighted by Crippen LogP contribution is 2.32. The van der Waals surface area contributed by atoms with Gasteiger partial charge in [-0.2, -0.15) is 0 Å². The summed E-state index contributed by atoms with van der Waals surface area (Å²) in [4.78, 5) is 16.8. The maximum Gasteiger partial charge on any atom is 0.513 e. The molecule has 0 aliphatic heterocycles. The second-order valence-corrected chi connectivity index (χ2v) is 8.35. The molecule has 3 aromatic carbocycles. The first-order chi connectivity index (χ1) is 18.2. The Morgan fingerprint density at radius 3 is 2.54 bits per heavy atom. The third kappa shape index (κ3) is 5.13. The normalized spacial score (nSPS) is 11.0. The highest BCUT2D eigenvalue weighted by Gasteiger charge is 2.18. The van der Waals surface area contributed by atoms with Crippen LogP contribution in [0, 0.1) is 0 Å². The van der Waals surface area contributed by atoms with E-state index in [-0.39, 0.29) is 6.61 Å². The lowest BCUT2D eigenvalue weighted by Gasteiger charge is -2.13. The highest BCUT2D eigenvalue weighted by molar-refractivity contribution is 5.87. The molecule has 10 nitrogen and oxygen atoms in total. The van der Waals surface area contributed by atoms with Crippen LogP contribution < -0.4 is 10.1 Å². The molecule has 0 spiro atoms. The Morgan fingerprint density at radius 1 is 1.00 bits per heavy atom. The van der Waals surface area contributed by atoms with Crippen LogP contribution in [0.3, 0.4) is 0 Å². The Hall–Kier alpha value is -4.73. The molecular weight excluding hydrogens is 470 g/mol. The summed E-state index contributed by atoms with van der Waals surface area (Å²) in [5.74, 6) is 1.73. The Labute approximate surface area is 213 Å². The van der Waals surface area contributed by atoms with Gasteiger partial charge >= 0.3 is 6.16 Å². The molecule has 2 heterocycles. The van der Waals surface area contributed by atoms with E-state index in [4.69, 9.17) is 14.5 Å². The number of H-pyrrole nitrogens is 1. The number of aromatic nitrogens is 6. The number of benzene rings is 3. The highest BCUT2D eigenvalue weighted by atomic mass is 16.7. The monoisotopic (exact) mass is 497 g/mol. The number of anilines is 1. The Bertz CT molecular complexity index is 1490. The molecule has 2 aromatic heterocycles. The molecule has 5 aromatic rings. The van der Waals surface area contributed by atoms with E-state index in [1.54, 1.807) is 13.0 Å². The van der Waals surface area contributed by atoms with E-state index in [2.05, 4.69) is 57.1 Å². The standard InChI is InChI=1S/C27H27N7O3/c1-3-16-28-26-29-22-10-7-11-23(37-27(35)36-4-2)24(22)34(26)17-18-12-14-19(15-13-18)20-8-5-6-9-21(20)25-30-32-33-31-25/h5-15H,3-4,16-17H2,1-2H3,(H,28,29)(H,30,31,32,33). The van der Waals surface area contributed by atoms with Crippen LogP contribution >= 0.6 is 0 Å². The molecular formula is C27H27N7O3. The first-order valence-electron chi connectivity index (χ1n) is 12.2. The zero-order valence-electron chi connectivity index (χ0n) is 20.6. The van der Waals surface area contributed by atoms with E-state index >= 15 is 0 Å². The molecule has 188 valence electrons. The van der Waals surface area contributed by atoms with Gasteiger partial charge in [-0.25, -0.2) is 14.9 Å². The Balaban J connectivity index is 1.49. The van der Waals surface area contributed by atoms with Crippen molar-refractivity contribution >= 4 is 23.1 Å². The largest absolute Gasteiger partial charge is 0.513 e. The van der Waals surface area contributed by atoms with Crippen molar-refractivity contribution in [1.29, 1.82) is 0 Å². The number of carbonyl (C=O) groups is 1. The zero-order chi connectivity index (χ0) is 25.6. The number of nitrogens with one attached hydrogen (secondary N) is 2. The molecule has 10 heteroatoms. The molecule has 0 saturated carbocycles. The lowest BCUT2D eigenvalue weighted by molar-refractivity contribution is 0.104. The SMILES string of the molecule is CCCNc1nc2cccc(OC(=O)OCC)c2n1Cc1ccc(-c2ccccc2-c2nnn[nH]2)cc1. The predicted molar refractivity (Wildman–Crippen MR) is 140 cm³/mol. The Kier molecular flexibility index (Phi) is 7.07. The number of rotatable bonds is 9. The number of tetrazole rings is 1. The quantitative estimate of drug-likeness (QED) is 0.208. The van der Waals surface area contributed by atoms with Crippen molar-refractivity contribution in [3.63, 3.8) is 0 Å². The molecule has 0 aliphatic rings. The first-order valence-corrected chi connectivity index (χ1v) is 12.2. The maximum atomic E-state index is 12.1. The van der Waals surface area contributed by atoms with Crippen molar-refractivity contribution < 1.29 is 14.3 Å². The molecule has 0 fully saturated rings. The molecule has 37 heavy (non-hydrogen) atoms. The van der Waals surface area contributed by atoms with Crippen LogP contribution in [0.4, 0.5) is 10.7 Å². The fraction of sp³-hybridized carbons (Fsp3) is 0.222. The van der Waals surface area contributed by atoms with Gasteiger partial charge in [0.05, 0.1) is 18.7 Å². The number of para-hydroxylation sites is 1. The van der Waals surface area contributed by atoms with Gasteiger partial charge in [0.1, 0.15) is 5.52 Å². The number of nitrogens with zero attached hydrogens (tertiary/aromatic N) is 5. The third-order valence-corrected chi connectivity index (χ3v) is 5.85. The van der Waals surface area contributed by atoms with Gasteiger partial charge in [-0.05, 0) is 52.6 Å². The van der Waals surface area contributed by atoms with Crippen LogP contribution in [0.15, 0.2) is 66.7 Å². The van der Waals surface area contributed by atoms with Crippen LogP contribution in [0.25, 0.3) is 33.5 Å². The zero-order valence-corrected chi connectivity index (χ0v) is 20.6. The molecule has 0 amide bonds. The van der Waals surface area contributed by atoms with Crippen molar-refractivity contribution in [2.24, 2.45) is 0 Å². The fourth-order valence-electron chi connectivity index (χ4n) is 4.18. The molecule has 0 aliphatic carbocycles. The number of hydrogen-bond donors (Lipinski definition) is 2. The molecule has 2 N–H and O–H groups in total. The minimum absolute atomic E-state index is 0.236. The number of carbonyl (C=O) groups excluding carboxylic acids is 1. The summed E-state index contributed by atoms with van der Waals surface area (Å²) in [5, 5.41) is 17.7. The minimum atomic E-state index is -0.740. The van der Waals surface area contributed by atoms with Gasteiger partial charge in [-0.3, -0.25) is 0 Å². The summed E-state index contributed by atoms with van der Waals surface area (Å²) >= 11 is 0. The van der Waals surface area contributed by atoms with E-state index in [1.807, 2.05) is 41.0 Å². The van der Waals surface area contributed by atoms with Gasteiger partial charge in [0.25, 0.3) is 0 Å². The van der Waals surface area contributed by atoms with Gasteiger partial charge in [0.2, 0.25) is 5.95 Å². The smallest absolute Gasteiger partial charge is 0.434 e. The van der Waals surface area contributed by atoms with E-state index in [1.165, 1.54) is 0 Å². The number of ether oxygens (including phenoxy) is 2. The molecule has 0 bridgehead atoms. The second-order valence-electron chi connectivity index (χ2n) is 8.35. The van der Waals surface area contributed by atoms with Crippen LogP contribution in [0.2, 0.25) is 0 Å². The van der Waals surface area contributed by atoms with Gasteiger partial charge in [-0.15, -0.1) is 5.10 Å². The van der Waals surface area contributed by atoms with Crippen molar-refractivity contribution in [3.05, 3.63) is 72.3 Å². The van der Waals surface area contributed by atoms with Gasteiger partial charge in [0, 0.05) is 12.1 Å². The number of aromatic amines is 1. The summed E-state index contributed by atoms with van der Waals surface area (Å²) in [6.45, 7) is 5.37. The van der Waals surface area contributed by atoms with Crippen molar-refractivity contribution in [3.8, 4) is 28.3 Å².